The van der Waals surface area contributed by atoms with E-state index in [1.165, 1.54) is 0 Å². The number of hydrogen-bond acceptors (Lipinski definition) is 5. The summed E-state index contributed by atoms with van der Waals surface area (Å²) in [5.41, 5.74) is 2.18. The number of rotatable bonds is 3. The largest absolute Gasteiger partial charge is 0.480 e. The number of likely N-dealkylation sites (N-methyl/N-ethyl adjacent to an activating group) is 1. The van der Waals surface area contributed by atoms with Crippen molar-refractivity contribution >= 4 is 23.7 Å². The van der Waals surface area contributed by atoms with Crippen LogP contribution in [0, 0.1) is 0 Å². The first kappa shape index (κ1) is 11.2. The van der Waals surface area contributed by atoms with E-state index in [1.807, 2.05) is 0 Å². The summed E-state index contributed by atoms with van der Waals surface area (Å²) in [6, 6.07) is -0.618. The minimum absolute atomic E-state index is 0.483. The van der Waals surface area contributed by atoms with Gasteiger partial charge in [-0.3, -0.25) is 0 Å². The summed E-state index contributed by atoms with van der Waals surface area (Å²) in [4.78, 5) is 21.0. The smallest absolute Gasteiger partial charge is 0.326 e. The molecule has 0 fully saturated rings. The van der Waals surface area contributed by atoms with Crippen LogP contribution in [0.3, 0.4) is 0 Å². The Morgan fingerprint density at radius 2 is 2.38 bits per heavy atom. The summed E-state index contributed by atoms with van der Waals surface area (Å²) >= 11 is 1.80. The fraction of sp³-hybridized carbons (Fsp3) is 0.500. The van der Waals surface area contributed by atoms with E-state index in [0.717, 1.165) is 22.8 Å². The van der Waals surface area contributed by atoms with Gasteiger partial charge in [0.05, 0.1) is 5.69 Å². The third-order valence-corrected chi connectivity index (χ3v) is 3.68. The Hall–Kier alpha value is -1.30. The molecule has 0 spiro atoms. The van der Waals surface area contributed by atoms with Crippen molar-refractivity contribution in [3.8, 4) is 0 Å². The minimum atomic E-state index is -0.874. The lowest BCUT2D eigenvalue weighted by Crippen LogP contribution is -2.37. The van der Waals surface area contributed by atoms with Gasteiger partial charge < -0.3 is 10.0 Å². The van der Waals surface area contributed by atoms with Gasteiger partial charge in [-0.15, -0.1) is 0 Å². The lowest BCUT2D eigenvalue weighted by Gasteiger charge is -2.21. The van der Waals surface area contributed by atoms with Gasteiger partial charge in [-0.05, 0) is 6.92 Å². The van der Waals surface area contributed by atoms with Gasteiger partial charge in [0.2, 0.25) is 5.95 Å². The quantitative estimate of drug-likeness (QED) is 0.853. The molecular formula is C10H13N3O2S. The molecule has 5 nitrogen and oxygen atoms in total. The first-order valence-corrected chi connectivity index (χ1v) is 6.13. The summed E-state index contributed by atoms with van der Waals surface area (Å²) in [5, 5.41) is 8.91. The van der Waals surface area contributed by atoms with Gasteiger partial charge in [-0.2, -0.15) is 11.8 Å². The normalized spacial score (nSPS) is 15.6. The summed E-state index contributed by atoms with van der Waals surface area (Å²) < 4.78 is 0. The van der Waals surface area contributed by atoms with Gasteiger partial charge in [0.1, 0.15) is 6.04 Å². The zero-order valence-corrected chi connectivity index (χ0v) is 9.99. The second-order valence-corrected chi connectivity index (χ2v) is 4.75. The van der Waals surface area contributed by atoms with Crippen molar-refractivity contribution < 1.29 is 9.90 Å². The van der Waals surface area contributed by atoms with Crippen LogP contribution < -0.4 is 4.90 Å². The van der Waals surface area contributed by atoms with E-state index in [0.29, 0.717) is 5.95 Å². The molecule has 0 bridgehead atoms. The van der Waals surface area contributed by atoms with E-state index >= 15 is 0 Å². The third kappa shape index (κ3) is 1.97. The van der Waals surface area contributed by atoms with Crippen molar-refractivity contribution in [1.82, 2.24) is 9.97 Å². The van der Waals surface area contributed by atoms with Gasteiger partial charge >= 0.3 is 5.97 Å². The SMILES string of the molecule is CC(C(=O)O)N(C)c1ncc2c(n1)CSC2. The van der Waals surface area contributed by atoms with Crippen LogP contribution in [-0.4, -0.2) is 34.1 Å². The molecular weight excluding hydrogens is 226 g/mol. The molecule has 0 aliphatic carbocycles. The average molecular weight is 239 g/mol. The summed E-state index contributed by atoms with van der Waals surface area (Å²) in [5.74, 6) is 1.45. The highest BCUT2D eigenvalue weighted by atomic mass is 32.2. The molecule has 0 aromatic carbocycles. The Kier molecular flexibility index (Phi) is 3.00. The minimum Gasteiger partial charge on any atom is -0.480 e. The van der Waals surface area contributed by atoms with E-state index in [9.17, 15) is 4.79 Å². The molecule has 2 heterocycles. The predicted octanol–water partition coefficient (Wildman–Crippen LogP) is 1.13. The number of fused-ring (bicyclic) bond motifs is 1. The van der Waals surface area contributed by atoms with Gasteiger partial charge in [0.25, 0.3) is 0 Å². The van der Waals surface area contributed by atoms with Crippen molar-refractivity contribution in [2.45, 2.75) is 24.5 Å². The number of carbonyl (C=O) groups is 1. The molecule has 1 unspecified atom stereocenters. The van der Waals surface area contributed by atoms with Crippen LogP contribution in [0.1, 0.15) is 18.2 Å². The number of carboxylic acid groups (broad SMARTS) is 1. The maximum Gasteiger partial charge on any atom is 0.326 e. The highest BCUT2D eigenvalue weighted by molar-refractivity contribution is 7.98. The van der Waals surface area contributed by atoms with Gasteiger partial charge in [0, 0.05) is 30.3 Å². The number of aliphatic carboxylic acids is 1. The van der Waals surface area contributed by atoms with Crippen LogP contribution in [0.15, 0.2) is 6.20 Å². The molecule has 1 N–H and O–H groups in total. The summed E-state index contributed by atoms with van der Waals surface area (Å²) in [6.45, 7) is 1.62. The molecule has 0 amide bonds. The van der Waals surface area contributed by atoms with Crippen molar-refractivity contribution in [2.24, 2.45) is 0 Å². The second kappa shape index (κ2) is 4.29. The first-order valence-electron chi connectivity index (χ1n) is 4.97. The molecule has 2 rings (SSSR count). The molecule has 86 valence electrons. The Labute approximate surface area is 97.9 Å². The fourth-order valence-electron chi connectivity index (χ4n) is 1.44. The van der Waals surface area contributed by atoms with Crippen molar-refractivity contribution in [2.75, 3.05) is 11.9 Å². The van der Waals surface area contributed by atoms with Crippen LogP contribution in [-0.2, 0) is 16.3 Å². The second-order valence-electron chi connectivity index (χ2n) is 3.76. The topological polar surface area (TPSA) is 66.3 Å². The molecule has 6 heteroatoms. The molecule has 16 heavy (non-hydrogen) atoms. The van der Waals surface area contributed by atoms with Crippen molar-refractivity contribution in [3.63, 3.8) is 0 Å². The van der Waals surface area contributed by atoms with Crippen LogP contribution in [0.2, 0.25) is 0 Å². The number of carboxylic acids is 1. The summed E-state index contributed by atoms with van der Waals surface area (Å²) in [7, 11) is 1.70. The Balaban J connectivity index is 2.24. The van der Waals surface area contributed by atoms with E-state index in [2.05, 4.69) is 9.97 Å². The van der Waals surface area contributed by atoms with E-state index in [4.69, 9.17) is 5.11 Å². The molecule has 1 aliphatic rings. The Morgan fingerprint density at radius 1 is 1.62 bits per heavy atom. The highest BCUT2D eigenvalue weighted by Crippen LogP contribution is 2.28. The van der Waals surface area contributed by atoms with Crippen LogP contribution >= 0.6 is 11.8 Å². The summed E-state index contributed by atoms with van der Waals surface area (Å²) in [6.07, 6.45) is 1.79. The average Bonchev–Trinajstić information content (AvgIpc) is 2.73. The zero-order valence-electron chi connectivity index (χ0n) is 9.17. The Morgan fingerprint density at radius 3 is 3.06 bits per heavy atom. The molecule has 1 aliphatic heterocycles. The Bertz CT molecular complexity index is 425. The number of anilines is 1. The molecule has 1 aromatic heterocycles. The van der Waals surface area contributed by atoms with E-state index < -0.39 is 12.0 Å². The van der Waals surface area contributed by atoms with Gasteiger partial charge in [-0.25, -0.2) is 14.8 Å². The molecule has 0 radical (unpaired) electrons. The molecule has 1 aromatic rings. The standard InChI is InChI=1S/C10H13N3O2S/c1-6(9(14)15)13(2)10-11-3-7-4-16-5-8(7)12-10/h3,6H,4-5H2,1-2H3,(H,14,15). The van der Waals surface area contributed by atoms with Crippen molar-refractivity contribution in [3.05, 3.63) is 17.5 Å². The maximum absolute atomic E-state index is 10.8. The zero-order chi connectivity index (χ0) is 11.7. The lowest BCUT2D eigenvalue weighted by molar-refractivity contribution is -0.138. The maximum atomic E-state index is 10.8. The molecule has 0 saturated heterocycles. The number of aromatic nitrogens is 2. The van der Waals surface area contributed by atoms with Gasteiger partial charge in [0.15, 0.2) is 0 Å². The van der Waals surface area contributed by atoms with E-state index in [-0.39, 0.29) is 0 Å². The predicted molar refractivity (Wildman–Crippen MR) is 62.5 cm³/mol. The van der Waals surface area contributed by atoms with Crippen LogP contribution in [0.25, 0.3) is 0 Å². The van der Waals surface area contributed by atoms with Gasteiger partial charge in [-0.1, -0.05) is 0 Å². The van der Waals surface area contributed by atoms with E-state index in [1.54, 1.807) is 36.8 Å². The lowest BCUT2D eigenvalue weighted by atomic mass is 10.3. The molecule has 0 saturated carbocycles. The van der Waals surface area contributed by atoms with Crippen LogP contribution in [0.5, 0.6) is 0 Å². The van der Waals surface area contributed by atoms with Crippen LogP contribution in [0.4, 0.5) is 5.95 Å². The monoisotopic (exact) mass is 239 g/mol. The highest BCUT2D eigenvalue weighted by Gasteiger charge is 2.21. The van der Waals surface area contributed by atoms with Crippen molar-refractivity contribution in [1.29, 1.82) is 0 Å². The number of thioether (sulfide) groups is 1. The third-order valence-electron chi connectivity index (χ3n) is 2.69. The number of nitrogens with zero attached hydrogens (tertiary/aromatic N) is 3. The number of hydrogen-bond donors (Lipinski definition) is 1. The first-order chi connectivity index (χ1) is 7.59. The fourth-order valence-corrected chi connectivity index (χ4v) is 2.45. The molecule has 1 atom stereocenters.